The van der Waals surface area contributed by atoms with Gasteiger partial charge in [-0.2, -0.15) is 0 Å². The molecular weight excluding hydrogens is 320 g/mol. The zero-order valence-electron chi connectivity index (χ0n) is 12.6. The van der Waals surface area contributed by atoms with Crippen LogP contribution in [0, 0.1) is 0 Å². The molecule has 0 aromatic heterocycles. The van der Waals surface area contributed by atoms with Gasteiger partial charge in [-0.3, -0.25) is 0 Å². The predicted octanol–water partition coefficient (Wildman–Crippen LogP) is 2.67. The summed E-state index contributed by atoms with van der Waals surface area (Å²) in [6, 6.07) is 6.08. The van der Waals surface area contributed by atoms with Crippen LogP contribution in [0.2, 0.25) is 0 Å². The molecule has 5 heteroatoms. The van der Waals surface area contributed by atoms with Crippen LogP contribution in [0.1, 0.15) is 29.8 Å². The third-order valence-electron chi connectivity index (χ3n) is 3.31. The summed E-state index contributed by atoms with van der Waals surface area (Å²) < 4.78 is 5.62. The average Bonchev–Trinajstić information content (AvgIpc) is 2.43. The molecule has 0 bridgehead atoms. The molecule has 1 aromatic carbocycles. The van der Waals surface area contributed by atoms with Crippen LogP contribution in [-0.4, -0.2) is 44.2 Å². The zero-order valence-corrected chi connectivity index (χ0v) is 14.2. The first kappa shape index (κ1) is 17.1. The molecule has 4 nitrogen and oxygen atoms in total. The van der Waals surface area contributed by atoms with Crippen molar-refractivity contribution in [3.63, 3.8) is 0 Å². The number of esters is 1. The van der Waals surface area contributed by atoms with Crippen LogP contribution < -0.4 is 5.32 Å². The highest BCUT2D eigenvalue weighted by Gasteiger charge is 2.08. The molecule has 0 amide bonds. The molecule has 0 atom stereocenters. The molecule has 1 rings (SSSR count). The van der Waals surface area contributed by atoms with E-state index in [-0.39, 0.29) is 5.97 Å². The Morgan fingerprint density at radius 2 is 2.15 bits per heavy atom. The van der Waals surface area contributed by atoms with Gasteiger partial charge in [-0.15, -0.1) is 0 Å². The number of benzene rings is 1. The maximum Gasteiger partial charge on any atom is 0.337 e. The highest BCUT2D eigenvalue weighted by molar-refractivity contribution is 9.10. The summed E-state index contributed by atoms with van der Waals surface area (Å²) in [6.07, 6.45) is 0. The number of nitrogens with zero attached hydrogens (tertiary/aromatic N) is 1. The van der Waals surface area contributed by atoms with Gasteiger partial charge in [0.05, 0.1) is 12.7 Å². The fraction of sp³-hybridized carbons (Fsp3) is 0.533. The van der Waals surface area contributed by atoms with Crippen molar-refractivity contribution in [1.82, 2.24) is 10.2 Å². The number of nitrogens with one attached hydrogen (secondary N) is 1. The highest BCUT2D eigenvalue weighted by Crippen LogP contribution is 2.19. The van der Waals surface area contributed by atoms with E-state index in [1.165, 1.54) is 7.11 Å². The van der Waals surface area contributed by atoms with E-state index < -0.39 is 0 Å². The molecule has 0 aliphatic heterocycles. The number of methoxy groups -OCH3 is 1. The summed E-state index contributed by atoms with van der Waals surface area (Å²) in [4.78, 5) is 13.7. The number of likely N-dealkylation sites (N-methyl/N-ethyl adjacent to an activating group) is 1. The van der Waals surface area contributed by atoms with Crippen LogP contribution >= 0.6 is 15.9 Å². The molecule has 0 saturated heterocycles. The largest absolute Gasteiger partial charge is 0.465 e. The number of hydrogen-bond acceptors (Lipinski definition) is 4. The fourth-order valence-corrected chi connectivity index (χ4v) is 2.19. The highest BCUT2D eigenvalue weighted by atomic mass is 79.9. The lowest BCUT2D eigenvalue weighted by atomic mass is 10.1. The number of halogens is 1. The molecule has 0 aliphatic carbocycles. The molecule has 0 fully saturated rings. The van der Waals surface area contributed by atoms with Crippen molar-refractivity contribution < 1.29 is 9.53 Å². The minimum atomic E-state index is -0.316. The number of carbonyl (C=O) groups is 1. The van der Waals surface area contributed by atoms with Gasteiger partial charge in [0, 0.05) is 30.1 Å². The molecule has 1 N–H and O–H groups in total. The third-order valence-corrected chi connectivity index (χ3v) is 4.05. The number of ether oxygens (including phenoxy) is 1. The number of carbonyl (C=O) groups excluding carboxylic acids is 1. The van der Waals surface area contributed by atoms with E-state index in [0.717, 1.165) is 29.7 Å². The first-order chi connectivity index (χ1) is 9.45. The first-order valence-electron chi connectivity index (χ1n) is 6.73. The Morgan fingerprint density at radius 3 is 2.70 bits per heavy atom. The minimum absolute atomic E-state index is 0.316. The van der Waals surface area contributed by atoms with E-state index in [1.807, 2.05) is 6.07 Å². The lowest BCUT2D eigenvalue weighted by Gasteiger charge is -2.21. The molecule has 0 radical (unpaired) electrons. The van der Waals surface area contributed by atoms with Gasteiger partial charge < -0.3 is 15.0 Å². The maximum atomic E-state index is 11.4. The van der Waals surface area contributed by atoms with Crippen LogP contribution in [0.25, 0.3) is 0 Å². The van der Waals surface area contributed by atoms with Gasteiger partial charge in [0.15, 0.2) is 0 Å². The van der Waals surface area contributed by atoms with Crippen molar-refractivity contribution in [2.24, 2.45) is 0 Å². The minimum Gasteiger partial charge on any atom is -0.465 e. The van der Waals surface area contributed by atoms with Crippen LogP contribution in [0.15, 0.2) is 22.7 Å². The first-order valence-corrected chi connectivity index (χ1v) is 7.52. The molecule has 0 unspecified atom stereocenters. The van der Waals surface area contributed by atoms with E-state index in [4.69, 9.17) is 4.74 Å². The van der Waals surface area contributed by atoms with Crippen LogP contribution in [0.4, 0.5) is 0 Å². The van der Waals surface area contributed by atoms with Gasteiger partial charge in [0.2, 0.25) is 0 Å². The van der Waals surface area contributed by atoms with Crippen LogP contribution in [0.3, 0.4) is 0 Å². The topological polar surface area (TPSA) is 41.6 Å². The van der Waals surface area contributed by atoms with Crippen LogP contribution in [-0.2, 0) is 11.3 Å². The molecule has 0 spiro atoms. The summed E-state index contributed by atoms with van der Waals surface area (Å²) in [6.45, 7) is 7.08. The van der Waals surface area contributed by atoms with E-state index >= 15 is 0 Å². The molecule has 112 valence electrons. The van der Waals surface area contributed by atoms with Crippen molar-refractivity contribution >= 4 is 21.9 Å². The predicted molar refractivity (Wildman–Crippen MR) is 85.0 cm³/mol. The molecular formula is C15H23BrN2O2. The monoisotopic (exact) mass is 342 g/mol. The van der Waals surface area contributed by atoms with Gasteiger partial charge in [-0.05, 0) is 38.6 Å². The average molecular weight is 343 g/mol. The Hall–Kier alpha value is -0.910. The summed E-state index contributed by atoms with van der Waals surface area (Å²) in [5.41, 5.74) is 1.69. The van der Waals surface area contributed by atoms with E-state index in [9.17, 15) is 4.79 Å². The Morgan fingerprint density at radius 1 is 1.45 bits per heavy atom. The molecule has 1 aromatic rings. The molecule has 0 heterocycles. The van der Waals surface area contributed by atoms with E-state index in [1.54, 1.807) is 12.1 Å². The van der Waals surface area contributed by atoms with E-state index in [2.05, 4.69) is 47.0 Å². The Bertz CT molecular complexity index is 449. The van der Waals surface area contributed by atoms with Gasteiger partial charge in [0.25, 0.3) is 0 Å². The number of hydrogen-bond donors (Lipinski definition) is 1. The summed E-state index contributed by atoms with van der Waals surface area (Å²) in [7, 11) is 3.50. The maximum absolute atomic E-state index is 11.4. The van der Waals surface area contributed by atoms with Gasteiger partial charge >= 0.3 is 5.97 Å². The summed E-state index contributed by atoms with van der Waals surface area (Å²) >= 11 is 3.49. The van der Waals surface area contributed by atoms with Crippen LogP contribution in [0.5, 0.6) is 0 Å². The quantitative estimate of drug-likeness (QED) is 0.611. The molecule has 20 heavy (non-hydrogen) atoms. The lowest BCUT2D eigenvalue weighted by Crippen LogP contribution is -2.33. The lowest BCUT2D eigenvalue weighted by molar-refractivity contribution is 0.0600. The SMILES string of the molecule is COC(=O)c1ccc(CNCCN(C)C(C)C)c(Br)c1. The second-order valence-corrected chi connectivity index (χ2v) is 5.90. The van der Waals surface area contributed by atoms with Crippen molar-refractivity contribution in [3.8, 4) is 0 Å². The van der Waals surface area contributed by atoms with Crippen molar-refractivity contribution in [3.05, 3.63) is 33.8 Å². The Kier molecular flexibility index (Phi) is 7.19. The molecule has 0 saturated carbocycles. The van der Waals surface area contributed by atoms with Crippen molar-refractivity contribution in [1.29, 1.82) is 0 Å². The van der Waals surface area contributed by atoms with Crippen molar-refractivity contribution in [2.45, 2.75) is 26.4 Å². The Balaban J connectivity index is 2.47. The summed E-state index contributed by atoms with van der Waals surface area (Å²) in [5.74, 6) is -0.316. The standard InChI is InChI=1S/C15H23BrN2O2/c1-11(2)18(3)8-7-17-10-13-6-5-12(9-14(13)16)15(19)20-4/h5-6,9,11,17H,7-8,10H2,1-4H3. The number of rotatable bonds is 7. The van der Waals surface area contributed by atoms with Crippen molar-refractivity contribution in [2.75, 3.05) is 27.2 Å². The van der Waals surface area contributed by atoms with Gasteiger partial charge in [-0.25, -0.2) is 4.79 Å². The van der Waals surface area contributed by atoms with E-state index in [0.29, 0.717) is 11.6 Å². The fourth-order valence-electron chi connectivity index (χ4n) is 1.67. The zero-order chi connectivity index (χ0) is 15.1. The second kappa shape index (κ2) is 8.39. The normalized spacial score (nSPS) is 11.2. The second-order valence-electron chi connectivity index (χ2n) is 5.05. The third kappa shape index (κ3) is 5.23. The Labute approximate surface area is 129 Å². The smallest absolute Gasteiger partial charge is 0.337 e. The molecule has 0 aliphatic rings. The van der Waals surface area contributed by atoms with Gasteiger partial charge in [0.1, 0.15) is 0 Å². The van der Waals surface area contributed by atoms with Gasteiger partial charge in [-0.1, -0.05) is 22.0 Å². The summed E-state index contributed by atoms with van der Waals surface area (Å²) in [5, 5.41) is 3.40.